The monoisotopic (exact) mass is 293 g/mol. The van der Waals surface area contributed by atoms with Crippen molar-refractivity contribution in [3.05, 3.63) is 29.8 Å². The van der Waals surface area contributed by atoms with Gasteiger partial charge in [0.25, 0.3) is 0 Å². The van der Waals surface area contributed by atoms with E-state index in [1.165, 1.54) is 18.3 Å². The average Bonchev–Trinajstić information content (AvgIpc) is 2.72. The lowest BCUT2D eigenvalue weighted by atomic mass is 10.2. The Hall–Kier alpha value is -2.35. The Morgan fingerprint density at radius 3 is 2.75 bits per heavy atom. The van der Waals surface area contributed by atoms with Crippen molar-refractivity contribution in [1.82, 2.24) is 5.32 Å². The number of carbonyl (C=O) groups is 2. The van der Waals surface area contributed by atoms with E-state index in [0.29, 0.717) is 0 Å². The number of carboxylic acids is 1. The summed E-state index contributed by atoms with van der Waals surface area (Å²) >= 11 is 1.04. The number of phenolic OH excluding ortho intramolecular Hbond substituents is 1. The van der Waals surface area contributed by atoms with E-state index in [1.54, 1.807) is 12.1 Å². The number of amidine groups is 1. The Bertz CT molecular complexity index is 583. The van der Waals surface area contributed by atoms with Crippen molar-refractivity contribution in [3.63, 3.8) is 0 Å². The average molecular weight is 293 g/mol. The largest absolute Gasteiger partial charge is 0.508 e. The Morgan fingerprint density at radius 1 is 1.40 bits per heavy atom. The molecule has 0 radical (unpaired) electrons. The number of phenols is 1. The van der Waals surface area contributed by atoms with Gasteiger partial charge >= 0.3 is 5.97 Å². The second kappa shape index (κ2) is 6.20. The highest BCUT2D eigenvalue weighted by molar-refractivity contribution is 8.15. The number of thioether (sulfide) groups is 1. The number of nitrogens with one attached hydrogen (secondary N) is 1. The number of nitrogens with zero attached hydrogens (tertiary/aromatic N) is 2. The van der Waals surface area contributed by atoms with Crippen LogP contribution < -0.4 is 5.32 Å². The summed E-state index contributed by atoms with van der Waals surface area (Å²) < 4.78 is 0. The summed E-state index contributed by atoms with van der Waals surface area (Å²) in [5, 5.41) is 27.4. The van der Waals surface area contributed by atoms with Gasteiger partial charge in [-0.1, -0.05) is 11.8 Å². The zero-order chi connectivity index (χ0) is 14.5. The first kappa shape index (κ1) is 14.1. The zero-order valence-electron chi connectivity index (χ0n) is 10.2. The molecule has 3 N–H and O–H groups in total. The van der Waals surface area contributed by atoms with Crippen LogP contribution in [0.4, 0.5) is 0 Å². The number of amides is 1. The van der Waals surface area contributed by atoms with Gasteiger partial charge in [0.2, 0.25) is 5.91 Å². The fourth-order valence-electron chi connectivity index (χ4n) is 1.45. The van der Waals surface area contributed by atoms with Crippen molar-refractivity contribution >= 4 is 35.0 Å². The molecule has 20 heavy (non-hydrogen) atoms. The van der Waals surface area contributed by atoms with Gasteiger partial charge in [0, 0.05) is 0 Å². The molecule has 1 amide bonds. The molecule has 1 aliphatic heterocycles. The number of aliphatic carboxylic acids is 1. The van der Waals surface area contributed by atoms with Crippen LogP contribution in [0.15, 0.2) is 34.5 Å². The quantitative estimate of drug-likeness (QED) is 0.561. The molecule has 0 saturated carbocycles. The number of aromatic hydroxyl groups is 1. The lowest BCUT2D eigenvalue weighted by Crippen LogP contribution is -2.26. The van der Waals surface area contributed by atoms with Crippen molar-refractivity contribution < 1.29 is 19.8 Å². The summed E-state index contributed by atoms with van der Waals surface area (Å²) in [6, 6.07) is 6.35. The molecule has 1 fully saturated rings. The second-order valence-electron chi connectivity index (χ2n) is 3.93. The van der Waals surface area contributed by atoms with Crippen LogP contribution in [-0.4, -0.2) is 38.7 Å². The minimum atomic E-state index is -1.04. The summed E-state index contributed by atoms with van der Waals surface area (Å²) in [4.78, 5) is 22.0. The van der Waals surface area contributed by atoms with Gasteiger partial charge in [0.05, 0.1) is 12.6 Å². The van der Waals surface area contributed by atoms with Crippen molar-refractivity contribution in [3.8, 4) is 5.75 Å². The van der Waals surface area contributed by atoms with Crippen LogP contribution in [0.25, 0.3) is 0 Å². The van der Waals surface area contributed by atoms with Crippen LogP contribution in [-0.2, 0) is 9.59 Å². The molecule has 1 atom stereocenters. The molecule has 1 heterocycles. The minimum absolute atomic E-state index is 0.156. The van der Waals surface area contributed by atoms with Gasteiger partial charge in [0.1, 0.15) is 11.0 Å². The molecule has 7 nitrogen and oxygen atoms in total. The van der Waals surface area contributed by atoms with Crippen LogP contribution in [0.3, 0.4) is 0 Å². The predicted molar refractivity (Wildman–Crippen MR) is 74.9 cm³/mol. The summed E-state index contributed by atoms with van der Waals surface area (Å²) in [6.45, 7) is 0. The van der Waals surface area contributed by atoms with Crippen LogP contribution in [0.2, 0.25) is 0 Å². The van der Waals surface area contributed by atoms with Gasteiger partial charge in [-0.15, -0.1) is 5.10 Å². The Labute approximate surface area is 118 Å². The summed E-state index contributed by atoms with van der Waals surface area (Å²) in [5.74, 6) is -1.26. The number of rotatable bonds is 4. The normalized spacial score (nSPS) is 20.5. The van der Waals surface area contributed by atoms with Gasteiger partial charge in [-0.2, -0.15) is 5.10 Å². The highest BCUT2D eigenvalue weighted by atomic mass is 32.2. The fourth-order valence-corrected chi connectivity index (χ4v) is 2.37. The zero-order valence-corrected chi connectivity index (χ0v) is 11.0. The molecule has 2 rings (SSSR count). The van der Waals surface area contributed by atoms with E-state index < -0.39 is 11.2 Å². The molecule has 0 aromatic heterocycles. The number of hydrogen-bond donors (Lipinski definition) is 3. The maximum atomic E-state index is 11.4. The first-order chi connectivity index (χ1) is 9.54. The van der Waals surface area contributed by atoms with Crippen LogP contribution in [0, 0.1) is 0 Å². The molecule has 8 heteroatoms. The number of benzene rings is 1. The third-order valence-electron chi connectivity index (χ3n) is 2.38. The maximum absolute atomic E-state index is 11.4. The second-order valence-corrected chi connectivity index (χ2v) is 5.13. The molecule has 1 aliphatic rings. The molecule has 0 aliphatic carbocycles. The van der Waals surface area contributed by atoms with Crippen molar-refractivity contribution in [1.29, 1.82) is 0 Å². The highest BCUT2D eigenvalue weighted by Crippen LogP contribution is 2.22. The minimum Gasteiger partial charge on any atom is -0.508 e. The van der Waals surface area contributed by atoms with Crippen LogP contribution in [0.1, 0.15) is 12.0 Å². The fraction of sp³-hybridized carbons (Fsp3) is 0.167. The standard InChI is InChI=1S/C12H11N3O4S/c16-8-3-1-7(2-4-8)6-13-15-12-14-11(19)9(20-12)5-10(17)18/h1-4,6,9,16H,5H2,(H,17,18)(H,14,15,19)/b13-6-/t9-/m0/s1. The van der Waals surface area contributed by atoms with E-state index in [9.17, 15) is 9.59 Å². The summed E-state index contributed by atoms with van der Waals surface area (Å²) in [6.07, 6.45) is 1.21. The van der Waals surface area contributed by atoms with Gasteiger partial charge in [-0.25, -0.2) is 0 Å². The van der Waals surface area contributed by atoms with E-state index in [0.717, 1.165) is 17.3 Å². The third-order valence-corrected chi connectivity index (χ3v) is 3.46. The molecule has 1 aromatic rings. The van der Waals surface area contributed by atoms with E-state index >= 15 is 0 Å². The van der Waals surface area contributed by atoms with Crippen molar-refractivity contribution in [2.24, 2.45) is 10.2 Å². The number of carboxylic acid groups (broad SMARTS) is 1. The Kier molecular flexibility index (Phi) is 4.36. The predicted octanol–water partition coefficient (Wildman–Crippen LogP) is 0.788. The smallest absolute Gasteiger partial charge is 0.305 e. The van der Waals surface area contributed by atoms with Crippen molar-refractivity contribution in [2.75, 3.05) is 0 Å². The Balaban J connectivity index is 1.97. The highest BCUT2D eigenvalue weighted by Gasteiger charge is 2.32. The first-order valence-electron chi connectivity index (χ1n) is 5.64. The van der Waals surface area contributed by atoms with E-state index in [1.807, 2.05) is 0 Å². The van der Waals surface area contributed by atoms with E-state index in [2.05, 4.69) is 15.5 Å². The number of hydrogen-bond acceptors (Lipinski definition) is 6. The van der Waals surface area contributed by atoms with Gasteiger partial charge in [-0.3, -0.25) is 9.59 Å². The molecule has 1 saturated heterocycles. The summed E-state index contributed by atoms with van der Waals surface area (Å²) in [7, 11) is 0. The molecule has 104 valence electrons. The Morgan fingerprint density at radius 2 is 2.10 bits per heavy atom. The first-order valence-corrected chi connectivity index (χ1v) is 6.52. The molecule has 0 unspecified atom stereocenters. The van der Waals surface area contributed by atoms with Crippen molar-refractivity contribution in [2.45, 2.75) is 11.7 Å². The molecular formula is C12H11N3O4S. The molecule has 0 spiro atoms. The lowest BCUT2D eigenvalue weighted by Gasteiger charge is -1.97. The maximum Gasteiger partial charge on any atom is 0.305 e. The van der Waals surface area contributed by atoms with Gasteiger partial charge in [0.15, 0.2) is 5.17 Å². The van der Waals surface area contributed by atoms with Crippen LogP contribution in [0.5, 0.6) is 5.75 Å². The lowest BCUT2D eigenvalue weighted by molar-refractivity contribution is -0.138. The topological polar surface area (TPSA) is 111 Å². The number of carbonyl (C=O) groups excluding carboxylic acids is 1. The van der Waals surface area contributed by atoms with E-state index in [-0.39, 0.29) is 23.2 Å². The SMILES string of the molecule is O=C(O)C[C@@H]1S/C(=N\N=C/c2ccc(O)cc2)NC1=O. The molecule has 1 aromatic carbocycles. The van der Waals surface area contributed by atoms with Crippen LogP contribution >= 0.6 is 11.8 Å². The molecule has 0 bridgehead atoms. The third kappa shape index (κ3) is 3.82. The van der Waals surface area contributed by atoms with E-state index in [4.69, 9.17) is 10.2 Å². The van der Waals surface area contributed by atoms with Gasteiger partial charge < -0.3 is 15.5 Å². The molecular weight excluding hydrogens is 282 g/mol. The summed E-state index contributed by atoms with van der Waals surface area (Å²) in [5.41, 5.74) is 0.739. The van der Waals surface area contributed by atoms with Gasteiger partial charge in [-0.05, 0) is 29.8 Å².